The molecule has 8 heteroatoms. The Kier molecular flexibility index (Phi) is 3.12. The minimum absolute atomic E-state index is 0.0412. The van der Waals surface area contributed by atoms with E-state index in [1.807, 2.05) is 26.0 Å². The first-order chi connectivity index (χ1) is 11.4. The molecule has 3 heterocycles. The summed E-state index contributed by atoms with van der Waals surface area (Å²) in [6.45, 7) is 0. The van der Waals surface area contributed by atoms with Gasteiger partial charge in [0.25, 0.3) is 0 Å². The minimum atomic E-state index is -0.887. The standard InChI is InChI=1S/C16H14BClN4O2/c1-22-14(23)6-16(21-15(22)19)9-4-8(17)2-3-11(9)24-12-7-20-13(18)5-10(12)16/h2-5,7H,6,17H2,1H3,(H2,19,21)/t16-/m1/s1. The molecule has 6 nitrogen and oxygen atoms in total. The number of ether oxygens (including phenoxy) is 1. The molecule has 1 saturated heterocycles. The molecule has 0 bridgehead atoms. The maximum absolute atomic E-state index is 12.5. The zero-order valence-corrected chi connectivity index (χ0v) is 13.9. The molecule has 0 aliphatic carbocycles. The molecule has 2 aliphatic rings. The predicted octanol–water partition coefficient (Wildman–Crippen LogP) is 0.729. The van der Waals surface area contributed by atoms with Crippen molar-refractivity contribution in [3.8, 4) is 11.5 Å². The number of hydrogen-bond donors (Lipinski definition) is 2. The number of rotatable bonds is 0. The number of carbonyl (C=O) groups is 1. The van der Waals surface area contributed by atoms with Crippen LogP contribution in [0.3, 0.4) is 0 Å². The number of nitrogens with zero attached hydrogens (tertiary/aromatic N) is 2. The fourth-order valence-corrected chi connectivity index (χ4v) is 3.45. The zero-order valence-electron chi connectivity index (χ0n) is 13.2. The Balaban J connectivity index is 2.02. The Bertz CT molecular complexity index is 830. The minimum Gasteiger partial charge on any atom is -0.455 e. The SMILES string of the molecule is Bc1ccc2c(c1)[C@]1(CC(=O)N(C)C(=N)N1)c1cc(Cl)ncc1O2. The maximum Gasteiger partial charge on any atom is 0.232 e. The number of carbonyl (C=O) groups excluding carboxylic acids is 1. The van der Waals surface area contributed by atoms with Crippen LogP contribution in [0.2, 0.25) is 5.15 Å². The van der Waals surface area contributed by atoms with Crippen LogP contribution in [0.25, 0.3) is 0 Å². The molecule has 2 aromatic rings. The van der Waals surface area contributed by atoms with E-state index in [0.29, 0.717) is 22.2 Å². The Morgan fingerprint density at radius 1 is 1.38 bits per heavy atom. The summed E-state index contributed by atoms with van der Waals surface area (Å²) in [6.07, 6.45) is 1.72. The quantitative estimate of drug-likeness (QED) is 0.547. The first kappa shape index (κ1) is 15.0. The molecule has 120 valence electrons. The Hall–Kier alpha value is -2.54. The molecular weight excluding hydrogens is 326 g/mol. The molecule has 24 heavy (non-hydrogen) atoms. The molecule has 1 fully saturated rings. The van der Waals surface area contributed by atoms with Crippen LogP contribution >= 0.6 is 11.6 Å². The Morgan fingerprint density at radius 2 is 2.12 bits per heavy atom. The van der Waals surface area contributed by atoms with Gasteiger partial charge in [0.05, 0.1) is 12.6 Å². The molecule has 2 N–H and O–H groups in total. The molecular formula is C16H14BClN4O2. The number of amides is 1. The number of guanidine groups is 1. The number of aromatic nitrogens is 1. The third kappa shape index (κ3) is 2.01. The van der Waals surface area contributed by atoms with Gasteiger partial charge in [-0.3, -0.25) is 15.1 Å². The van der Waals surface area contributed by atoms with Gasteiger partial charge in [0.2, 0.25) is 5.91 Å². The summed E-state index contributed by atoms with van der Waals surface area (Å²) in [5.41, 5.74) is 1.69. The van der Waals surface area contributed by atoms with Crippen molar-refractivity contribution in [2.75, 3.05) is 7.05 Å². The molecule has 0 radical (unpaired) electrons. The lowest BCUT2D eigenvalue weighted by Crippen LogP contribution is -2.60. The fraction of sp³-hybridized carbons (Fsp3) is 0.188. The van der Waals surface area contributed by atoms with Gasteiger partial charge in [0, 0.05) is 18.2 Å². The van der Waals surface area contributed by atoms with Crippen LogP contribution in [0.15, 0.2) is 30.5 Å². The van der Waals surface area contributed by atoms with Crippen LogP contribution in [-0.2, 0) is 10.3 Å². The van der Waals surface area contributed by atoms with Gasteiger partial charge >= 0.3 is 0 Å². The number of halogens is 1. The molecule has 1 amide bonds. The summed E-state index contributed by atoms with van der Waals surface area (Å²) in [4.78, 5) is 17.9. The molecule has 4 rings (SSSR count). The van der Waals surface area contributed by atoms with Crippen LogP contribution in [0.1, 0.15) is 17.5 Å². The number of benzene rings is 1. The van der Waals surface area contributed by atoms with Gasteiger partial charge in [-0.05, 0) is 12.1 Å². The summed E-state index contributed by atoms with van der Waals surface area (Å²) in [7, 11) is 3.56. The second-order valence-electron chi connectivity index (χ2n) is 6.11. The third-order valence-electron chi connectivity index (χ3n) is 4.57. The molecule has 1 aromatic heterocycles. The van der Waals surface area contributed by atoms with Gasteiger partial charge < -0.3 is 10.1 Å². The number of nitrogens with one attached hydrogen (secondary N) is 2. The van der Waals surface area contributed by atoms with E-state index in [1.54, 1.807) is 19.3 Å². The van der Waals surface area contributed by atoms with Gasteiger partial charge in [-0.1, -0.05) is 29.2 Å². The molecule has 1 atom stereocenters. The van der Waals surface area contributed by atoms with Crippen LogP contribution in [0.5, 0.6) is 11.5 Å². The van der Waals surface area contributed by atoms with E-state index in [2.05, 4.69) is 10.3 Å². The van der Waals surface area contributed by atoms with Crippen molar-refractivity contribution in [1.29, 1.82) is 5.41 Å². The highest BCUT2D eigenvalue weighted by molar-refractivity contribution is 6.32. The van der Waals surface area contributed by atoms with Crippen LogP contribution in [0, 0.1) is 5.41 Å². The summed E-state index contributed by atoms with van der Waals surface area (Å²) < 4.78 is 5.96. The zero-order chi connectivity index (χ0) is 17.1. The molecule has 0 saturated carbocycles. The Morgan fingerprint density at radius 3 is 2.88 bits per heavy atom. The monoisotopic (exact) mass is 340 g/mol. The van der Waals surface area contributed by atoms with E-state index in [-0.39, 0.29) is 18.3 Å². The fourth-order valence-electron chi connectivity index (χ4n) is 3.29. The van der Waals surface area contributed by atoms with Gasteiger partial charge in [-0.25, -0.2) is 4.98 Å². The van der Waals surface area contributed by atoms with E-state index < -0.39 is 5.54 Å². The highest BCUT2D eigenvalue weighted by atomic mass is 35.5. The summed E-state index contributed by atoms with van der Waals surface area (Å²) in [5, 5.41) is 11.7. The van der Waals surface area contributed by atoms with Crippen molar-refractivity contribution < 1.29 is 9.53 Å². The lowest BCUT2D eigenvalue weighted by molar-refractivity contribution is -0.129. The van der Waals surface area contributed by atoms with Crippen molar-refractivity contribution >= 4 is 36.8 Å². The summed E-state index contributed by atoms with van der Waals surface area (Å²) in [5.74, 6) is 1.08. The van der Waals surface area contributed by atoms with Crippen molar-refractivity contribution in [3.63, 3.8) is 0 Å². The highest BCUT2D eigenvalue weighted by Gasteiger charge is 2.48. The van der Waals surface area contributed by atoms with Crippen molar-refractivity contribution in [2.45, 2.75) is 12.0 Å². The van der Waals surface area contributed by atoms with Crippen molar-refractivity contribution in [1.82, 2.24) is 15.2 Å². The van der Waals surface area contributed by atoms with E-state index in [0.717, 1.165) is 11.0 Å². The van der Waals surface area contributed by atoms with Gasteiger partial charge in [0.1, 0.15) is 24.3 Å². The Labute approximate surface area is 144 Å². The third-order valence-corrected chi connectivity index (χ3v) is 4.77. The number of hydrogen-bond acceptors (Lipinski definition) is 4. The molecule has 0 unspecified atom stereocenters. The van der Waals surface area contributed by atoms with E-state index in [1.165, 1.54) is 4.90 Å². The average molecular weight is 341 g/mol. The van der Waals surface area contributed by atoms with Crippen molar-refractivity contribution in [3.05, 3.63) is 46.7 Å². The highest BCUT2D eigenvalue weighted by Crippen LogP contribution is 2.49. The first-order valence-electron chi connectivity index (χ1n) is 7.49. The number of pyridine rings is 1. The van der Waals surface area contributed by atoms with E-state index >= 15 is 0 Å². The van der Waals surface area contributed by atoms with Crippen molar-refractivity contribution in [2.24, 2.45) is 0 Å². The molecule has 1 spiro atoms. The summed E-state index contributed by atoms with van der Waals surface area (Å²) >= 11 is 6.10. The lowest BCUT2D eigenvalue weighted by atomic mass is 9.75. The van der Waals surface area contributed by atoms with Gasteiger partial charge in [0.15, 0.2) is 11.7 Å². The lowest BCUT2D eigenvalue weighted by Gasteiger charge is -2.45. The second kappa shape index (κ2) is 4.98. The largest absolute Gasteiger partial charge is 0.455 e. The van der Waals surface area contributed by atoms with Crippen LogP contribution < -0.4 is 15.5 Å². The summed E-state index contributed by atoms with van der Waals surface area (Å²) in [6, 6.07) is 7.49. The van der Waals surface area contributed by atoms with Crippen LogP contribution in [0.4, 0.5) is 0 Å². The molecule has 1 aromatic carbocycles. The first-order valence-corrected chi connectivity index (χ1v) is 7.87. The predicted molar refractivity (Wildman–Crippen MR) is 93.0 cm³/mol. The molecule has 2 aliphatic heterocycles. The van der Waals surface area contributed by atoms with E-state index in [4.69, 9.17) is 21.7 Å². The normalized spacial score (nSPS) is 21.8. The van der Waals surface area contributed by atoms with E-state index in [9.17, 15) is 4.79 Å². The average Bonchev–Trinajstić information content (AvgIpc) is 2.54. The van der Waals surface area contributed by atoms with Gasteiger partial charge in [-0.2, -0.15) is 0 Å². The smallest absolute Gasteiger partial charge is 0.232 e. The number of fused-ring (bicyclic) bond motifs is 4. The maximum atomic E-state index is 12.5. The van der Waals surface area contributed by atoms with Crippen LogP contribution in [-0.4, -0.2) is 36.6 Å². The topological polar surface area (TPSA) is 78.3 Å². The second-order valence-corrected chi connectivity index (χ2v) is 6.50. The van der Waals surface area contributed by atoms with Gasteiger partial charge in [-0.15, -0.1) is 0 Å².